The zero-order valence-electron chi connectivity index (χ0n) is 17.5. The first kappa shape index (κ1) is 21.1. The highest BCUT2D eigenvalue weighted by molar-refractivity contribution is 7.99. The van der Waals surface area contributed by atoms with Gasteiger partial charge in [0.05, 0.1) is 5.75 Å². The summed E-state index contributed by atoms with van der Waals surface area (Å²) in [6.07, 6.45) is 1.10. The third-order valence-electron chi connectivity index (χ3n) is 5.02. The number of aromatic nitrogens is 3. The second-order valence-electron chi connectivity index (χ2n) is 7.19. The first-order valence-corrected chi connectivity index (χ1v) is 11.0. The van der Waals surface area contributed by atoms with E-state index in [1.54, 1.807) is 0 Å². The molecule has 1 aromatic heterocycles. The van der Waals surface area contributed by atoms with Gasteiger partial charge in [-0.25, -0.2) is 0 Å². The lowest BCUT2D eigenvalue weighted by molar-refractivity contribution is -0.113. The topological polar surface area (TPSA) is 59.8 Å². The summed E-state index contributed by atoms with van der Waals surface area (Å²) in [4.78, 5) is 12.4. The standard InChI is InChI=1S/C23H28N4OS/c1-5-17(4)18-10-12-20(13-11-18)24-21(28)15-29-23-26-25-22(27(23)6-2)19-9-7-8-16(3)14-19/h7-14,17H,5-6,15H2,1-4H3,(H,24,28)/t17-/m1/s1. The minimum Gasteiger partial charge on any atom is -0.325 e. The summed E-state index contributed by atoms with van der Waals surface area (Å²) < 4.78 is 2.05. The maximum atomic E-state index is 12.4. The highest BCUT2D eigenvalue weighted by Crippen LogP contribution is 2.25. The van der Waals surface area contributed by atoms with E-state index in [0.29, 0.717) is 11.7 Å². The zero-order valence-corrected chi connectivity index (χ0v) is 18.3. The van der Waals surface area contributed by atoms with Crippen LogP contribution >= 0.6 is 11.8 Å². The third-order valence-corrected chi connectivity index (χ3v) is 5.98. The fourth-order valence-electron chi connectivity index (χ4n) is 3.14. The van der Waals surface area contributed by atoms with Gasteiger partial charge in [0.15, 0.2) is 11.0 Å². The van der Waals surface area contributed by atoms with Gasteiger partial charge in [0, 0.05) is 17.8 Å². The van der Waals surface area contributed by atoms with Gasteiger partial charge in [0.1, 0.15) is 0 Å². The van der Waals surface area contributed by atoms with E-state index >= 15 is 0 Å². The first-order chi connectivity index (χ1) is 14.0. The van der Waals surface area contributed by atoms with E-state index in [1.807, 2.05) is 28.8 Å². The SMILES string of the molecule is CC[C@@H](C)c1ccc(NC(=O)CSc2nnc(-c3cccc(C)c3)n2CC)cc1. The third kappa shape index (κ3) is 5.26. The Balaban J connectivity index is 1.63. The summed E-state index contributed by atoms with van der Waals surface area (Å²) in [6.45, 7) is 9.25. The van der Waals surface area contributed by atoms with E-state index in [0.717, 1.165) is 35.2 Å². The van der Waals surface area contributed by atoms with E-state index in [4.69, 9.17) is 0 Å². The van der Waals surface area contributed by atoms with Crippen molar-refractivity contribution in [1.82, 2.24) is 14.8 Å². The molecule has 0 radical (unpaired) electrons. The quantitative estimate of drug-likeness (QED) is 0.499. The van der Waals surface area contributed by atoms with Crippen LogP contribution in [0.2, 0.25) is 0 Å². The van der Waals surface area contributed by atoms with Gasteiger partial charge in [0.25, 0.3) is 0 Å². The number of hydrogen-bond acceptors (Lipinski definition) is 4. The van der Waals surface area contributed by atoms with Crippen molar-refractivity contribution in [2.75, 3.05) is 11.1 Å². The van der Waals surface area contributed by atoms with E-state index in [-0.39, 0.29) is 5.91 Å². The average Bonchev–Trinajstić information content (AvgIpc) is 3.15. The molecule has 1 N–H and O–H groups in total. The van der Waals surface area contributed by atoms with Crippen LogP contribution in [-0.2, 0) is 11.3 Å². The van der Waals surface area contributed by atoms with Crippen LogP contribution in [0.25, 0.3) is 11.4 Å². The molecular weight excluding hydrogens is 380 g/mol. The number of nitrogens with one attached hydrogen (secondary N) is 1. The van der Waals surface area contributed by atoms with Gasteiger partial charge in [-0.15, -0.1) is 10.2 Å². The summed E-state index contributed by atoms with van der Waals surface area (Å²) >= 11 is 1.41. The number of carbonyl (C=O) groups is 1. The number of nitrogens with zero attached hydrogens (tertiary/aromatic N) is 3. The molecule has 29 heavy (non-hydrogen) atoms. The van der Waals surface area contributed by atoms with Crippen molar-refractivity contribution >= 4 is 23.4 Å². The van der Waals surface area contributed by atoms with Crippen molar-refractivity contribution in [2.24, 2.45) is 0 Å². The van der Waals surface area contributed by atoms with Gasteiger partial charge in [-0.3, -0.25) is 4.79 Å². The molecule has 0 spiro atoms. The molecule has 152 valence electrons. The summed E-state index contributed by atoms with van der Waals surface area (Å²) in [5.41, 5.74) is 4.33. The highest BCUT2D eigenvalue weighted by atomic mass is 32.2. The predicted octanol–water partition coefficient (Wildman–Crippen LogP) is 5.52. The Bertz CT molecular complexity index is 965. The number of thioether (sulfide) groups is 1. The number of amides is 1. The molecule has 2 aromatic carbocycles. The van der Waals surface area contributed by atoms with E-state index in [1.165, 1.54) is 22.9 Å². The van der Waals surface area contributed by atoms with Gasteiger partial charge in [0.2, 0.25) is 5.91 Å². The summed E-state index contributed by atoms with van der Waals surface area (Å²) in [6, 6.07) is 16.3. The Morgan fingerprint density at radius 1 is 1.14 bits per heavy atom. The summed E-state index contributed by atoms with van der Waals surface area (Å²) in [5, 5.41) is 12.4. The van der Waals surface area contributed by atoms with Gasteiger partial charge in [-0.05, 0) is 49.9 Å². The zero-order chi connectivity index (χ0) is 20.8. The maximum absolute atomic E-state index is 12.4. The van der Waals surface area contributed by atoms with Crippen molar-refractivity contribution in [2.45, 2.75) is 51.7 Å². The van der Waals surface area contributed by atoms with Gasteiger partial charge in [-0.2, -0.15) is 0 Å². The lowest BCUT2D eigenvalue weighted by Crippen LogP contribution is -2.14. The normalized spacial score (nSPS) is 12.0. The Morgan fingerprint density at radius 3 is 2.55 bits per heavy atom. The van der Waals surface area contributed by atoms with Crippen LogP contribution in [0.3, 0.4) is 0 Å². The van der Waals surface area contributed by atoms with Crippen LogP contribution in [0.1, 0.15) is 44.2 Å². The summed E-state index contributed by atoms with van der Waals surface area (Å²) in [5.74, 6) is 1.60. The molecule has 0 aliphatic heterocycles. The lowest BCUT2D eigenvalue weighted by Gasteiger charge is -2.11. The summed E-state index contributed by atoms with van der Waals surface area (Å²) in [7, 11) is 0. The smallest absolute Gasteiger partial charge is 0.234 e. The van der Waals surface area contributed by atoms with Crippen LogP contribution in [-0.4, -0.2) is 26.4 Å². The van der Waals surface area contributed by atoms with Crippen molar-refractivity contribution < 1.29 is 4.79 Å². The molecule has 1 atom stereocenters. The van der Waals surface area contributed by atoms with E-state index in [9.17, 15) is 4.79 Å². The number of anilines is 1. The molecule has 5 nitrogen and oxygen atoms in total. The molecule has 1 amide bonds. The molecule has 0 bridgehead atoms. The number of benzene rings is 2. The van der Waals surface area contributed by atoms with Gasteiger partial charge >= 0.3 is 0 Å². The molecular formula is C23H28N4OS. The largest absolute Gasteiger partial charge is 0.325 e. The van der Waals surface area contributed by atoms with Crippen molar-refractivity contribution in [3.63, 3.8) is 0 Å². The molecule has 0 saturated carbocycles. The molecule has 0 saturated heterocycles. The van der Waals surface area contributed by atoms with Crippen LogP contribution in [0.15, 0.2) is 53.7 Å². The lowest BCUT2D eigenvalue weighted by atomic mass is 9.99. The van der Waals surface area contributed by atoms with E-state index in [2.05, 4.69) is 67.5 Å². The van der Waals surface area contributed by atoms with Crippen molar-refractivity contribution in [3.05, 3.63) is 59.7 Å². The molecule has 0 unspecified atom stereocenters. The van der Waals surface area contributed by atoms with Gasteiger partial charge < -0.3 is 9.88 Å². The fourth-order valence-corrected chi connectivity index (χ4v) is 3.94. The van der Waals surface area contributed by atoms with Crippen molar-refractivity contribution in [3.8, 4) is 11.4 Å². The first-order valence-electron chi connectivity index (χ1n) is 10.0. The Labute approximate surface area is 176 Å². The van der Waals surface area contributed by atoms with Crippen molar-refractivity contribution in [1.29, 1.82) is 0 Å². The Morgan fingerprint density at radius 2 is 1.90 bits per heavy atom. The predicted molar refractivity (Wildman–Crippen MR) is 120 cm³/mol. The van der Waals surface area contributed by atoms with Crippen LogP contribution < -0.4 is 5.32 Å². The number of rotatable bonds is 8. The molecule has 3 rings (SSSR count). The molecule has 0 aliphatic carbocycles. The number of hydrogen-bond donors (Lipinski definition) is 1. The van der Waals surface area contributed by atoms with Crippen LogP contribution in [0.5, 0.6) is 0 Å². The van der Waals surface area contributed by atoms with Gasteiger partial charge in [-0.1, -0.05) is 61.5 Å². The van der Waals surface area contributed by atoms with E-state index < -0.39 is 0 Å². The monoisotopic (exact) mass is 408 g/mol. The Hall–Kier alpha value is -2.60. The molecule has 1 heterocycles. The second kappa shape index (κ2) is 9.74. The van der Waals surface area contributed by atoms with Crippen LogP contribution in [0.4, 0.5) is 5.69 Å². The fraction of sp³-hybridized carbons (Fsp3) is 0.348. The molecule has 0 fully saturated rings. The minimum atomic E-state index is -0.0472. The number of aryl methyl sites for hydroxylation is 1. The number of carbonyl (C=O) groups excluding carboxylic acids is 1. The van der Waals surface area contributed by atoms with Crippen LogP contribution in [0, 0.1) is 6.92 Å². The molecule has 6 heteroatoms. The second-order valence-corrected chi connectivity index (χ2v) is 8.13. The molecule has 3 aromatic rings. The Kier molecular flexibility index (Phi) is 7.09. The minimum absolute atomic E-state index is 0.0472. The molecule has 0 aliphatic rings. The average molecular weight is 409 g/mol. The highest BCUT2D eigenvalue weighted by Gasteiger charge is 2.15. The maximum Gasteiger partial charge on any atom is 0.234 e.